The number of aromatic nitrogens is 2. The third-order valence-corrected chi connectivity index (χ3v) is 3.21. The maximum Gasteiger partial charge on any atom is 0.351 e. The Hall–Kier alpha value is -1.40. The molecule has 1 aliphatic heterocycles. The molecule has 0 spiro atoms. The minimum atomic E-state index is -0.561. The summed E-state index contributed by atoms with van der Waals surface area (Å²) < 4.78 is 7.05. The van der Waals surface area contributed by atoms with E-state index in [1.807, 2.05) is 13.8 Å². The van der Waals surface area contributed by atoms with Gasteiger partial charge in [-0.05, 0) is 12.5 Å². The molecule has 6 nitrogen and oxygen atoms in total. The molecule has 1 unspecified atom stereocenters. The lowest BCUT2D eigenvalue weighted by Crippen LogP contribution is -2.30. The maximum absolute atomic E-state index is 11.7. The highest BCUT2D eigenvalue weighted by atomic mass is 16.5. The van der Waals surface area contributed by atoms with Crippen molar-refractivity contribution < 1.29 is 9.84 Å². The van der Waals surface area contributed by atoms with Gasteiger partial charge < -0.3 is 15.6 Å². The molecule has 1 aromatic heterocycles. The monoisotopic (exact) mass is 239 g/mol. The second-order valence-corrected chi connectivity index (χ2v) is 4.37. The lowest BCUT2D eigenvalue weighted by molar-refractivity contribution is -0.0249. The molecule has 2 rings (SSSR count). The van der Waals surface area contributed by atoms with Crippen molar-refractivity contribution in [2.75, 3.05) is 5.73 Å². The number of aliphatic hydroxyl groups excluding tert-OH is 1. The molecule has 17 heavy (non-hydrogen) atoms. The molecule has 0 saturated carbocycles. The van der Waals surface area contributed by atoms with E-state index in [1.165, 1.54) is 4.57 Å². The molecular weight excluding hydrogens is 222 g/mol. The molecule has 0 aromatic carbocycles. The lowest BCUT2D eigenvalue weighted by atomic mass is 10.0. The highest BCUT2D eigenvalue weighted by Crippen LogP contribution is 2.34. The van der Waals surface area contributed by atoms with E-state index in [9.17, 15) is 9.90 Å². The van der Waals surface area contributed by atoms with E-state index in [4.69, 9.17) is 10.5 Å². The van der Waals surface area contributed by atoms with Gasteiger partial charge in [-0.1, -0.05) is 13.8 Å². The molecule has 94 valence electrons. The number of aliphatic hydroxyl groups is 1. The van der Waals surface area contributed by atoms with E-state index in [0.29, 0.717) is 6.42 Å². The van der Waals surface area contributed by atoms with Crippen molar-refractivity contribution in [3.05, 3.63) is 22.7 Å². The standard InChI is InChI=1S/C11H17N3O3/c1-3-7-9(15)6(2)10(17-7)14-5-4-8(12)13-11(14)16/h4-7,9-10,15H,3H2,1-2H3,(H2,12,13,16)/t6?,7-,9+,10-/m1/s1. The van der Waals surface area contributed by atoms with E-state index in [-0.39, 0.29) is 17.8 Å². The third kappa shape index (κ3) is 2.05. The highest BCUT2D eigenvalue weighted by molar-refractivity contribution is 5.23. The van der Waals surface area contributed by atoms with E-state index < -0.39 is 18.0 Å². The quantitative estimate of drug-likeness (QED) is 0.765. The maximum atomic E-state index is 11.7. The minimum Gasteiger partial charge on any atom is -0.390 e. The fourth-order valence-corrected chi connectivity index (χ4v) is 2.17. The molecule has 1 aliphatic rings. The Morgan fingerprint density at radius 2 is 2.35 bits per heavy atom. The molecule has 6 heteroatoms. The number of nitrogens with zero attached hydrogens (tertiary/aromatic N) is 2. The molecule has 1 saturated heterocycles. The van der Waals surface area contributed by atoms with Crippen LogP contribution in [0.1, 0.15) is 26.5 Å². The van der Waals surface area contributed by atoms with E-state index in [1.54, 1.807) is 12.3 Å². The van der Waals surface area contributed by atoms with Crippen molar-refractivity contribution in [2.24, 2.45) is 5.92 Å². The zero-order valence-corrected chi connectivity index (χ0v) is 9.91. The summed E-state index contributed by atoms with van der Waals surface area (Å²) in [6, 6.07) is 1.54. The molecule has 1 fully saturated rings. The molecule has 0 radical (unpaired) electrons. The zero-order chi connectivity index (χ0) is 12.6. The van der Waals surface area contributed by atoms with Gasteiger partial charge in [-0.2, -0.15) is 4.98 Å². The van der Waals surface area contributed by atoms with Crippen LogP contribution in [-0.4, -0.2) is 26.9 Å². The van der Waals surface area contributed by atoms with Gasteiger partial charge in [0.2, 0.25) is 0 Å². The number of nitrogen functional groups attached to an aromatic ring is 1. The van der Waals surface area contributed by atoms with Crippen LogP contribution < -0.4 is 11.4 Å². The average molecular weight is 239 g/mol. The van der Waals surface area contributed by atoms with Crippen LogP contribution in [0.2, 0.25) is 0 Å². The third-order valence-electron chi connectivity index (χ3n) is 3.21. The van der Waals surface area contributed by atoms with E-state index >= 15 is 0 Å². The number of rotatable bonds is 2. The predicted octanol–water partition coefficient (Wildman–Crippen LogP) is 0.130. The predicted molar refractivity (Wildman–Crippen MR) is 62.3 cm³/mol. The van der Waals surface area contributed by atoms with Crippen LogP contribution in [0, 0.1) is 5.92 Å². The molecule has 0 aliphatic carbocycles. The van der Waals surface area contributed by atoms with E-state index in [2.05, 4.69) is 4.98 Å². The first kappa shape index (κ1) is 12.1. The van der Waals surface area contributed by atoms with Gasteiger partial charge in [0.05, 0.1) is 12.2 Å². The van der Waals surface area contributed by atoms with Gasteiger partial charge in [0.25, 0.3) is 0 Å². The first-order chi connectivity index (χ1) is 8.04. The van der Waals surface area contributed by atoms with Gasteiger partial charge in [0, 0.05) is 12.1 Å². The summed E-state index contributed by atoms with van der Waals surface area (Å²) in [7, 11) is 0. The highest BCUT2D eigenvalue weighted by Gasteiger charge is 2.41. The molecule has 0 amide bonds. The Morgan fingerprint density at radius 3 is 2.88 bits per heavy atom. The summed E-state index contributed by atoms with van der Waals surface area (Å²) in [6.07, 6.45) is 0.986. The Morgan fingerprint density at radius 1 is 1.65 bits per heavy atom. The average Bonchev–Trinajstić information content (AvgIpc) is 2.57. The smallest absolute Gasteiger partial charge is 0.351 e. The first-order valence-electron chi connectivity index (χ1n) is 5.72. The van der Waals surface area contributed by atoms with Gasteiger partial charge in [0.15, 0.2) is 0 Å². The number of hydrogen-bond donors (Lipinski definition) is 2. The van der Waals surface area contributed by atoms with Gasteiger partial charge in [-0.3, -0.25) is 4.57 Å². The molecule has 3 N–H and O–H groups in total. The SMILES string of the molecule is CC[C@H]1O[C@@H](n2ccc(N)nc2=O)C(C)[C@@H]1O. The van der Waals surface area contributed by atoms with Crippen LogP contribution in [0.15, 0.2) is 17.1 Å². The van der Waals surface area contributed by atoms with Gasteiger partial charge in [0.1, 0.15) is 12.0 Å². The van der Waals surface area contributed by atoms with Crippen LogP contribution in [0.5, 0.6) is 0 Å². The Kier molecular flexibility index (Phi) is 3.17. The number of anilines is 1. The number of nitrogens with two attached hydrogens (primary N) is 1. The van der Waals surface area contributed by atoms with Crippen LogP contribution in [0.4, 0.5) is 5.82 Å². The summed E-state index contributed by atoms with van der Waals surface area (Å²) >= 11 is 0. The summed E-state index contributed by atoms with van der Waals surface area (Å²) in [4.78, 5) is 15.3. The Bertz CT molecular complexity index is 460. The second-order valence-electron chi connectivity index (χ2n) is 4.37. The fourth-order valence-electron chi connectivity index (χ4n) is 2.17. The van der Waals surface area contributed by atoms with Crippen molar-refractivity contribution in [3.63, 3.8) is 0 Å². The summed E-state index contributed by atoms with van der Waals surface area (Å²) in [5.74, 6) is 0.0348. The summed E-state index contributed by atoms with van der Waals surface area (Å²) in [5.41, 5.74) is 4.97. The molecule has 2 heterocycles. The topological polar surface area (TPSA) is 90.4 Å². The largest absolute Gasteiger partial charge is 0.390 e. The van der Waals surface area contributed by atoms with Crippen LogP contribution >= 0.6 is 0 Å². The van der Waals surface area contributed by atoms with Crippen LogP contribution in [0.25, 0.3) is 0 Å². The normalized spacial score (nSPS) is 32.9. The molecule has 4 atom stereocenters. The molecule has 0 bridgehead atoms. The van der Waals surface area contributed by atoms with Gasteiger partial charge in [-0.25, -0.2) is 4.79 Å². The summed E-state index contributed by atoms with van der Waals surface area (Å²) in [5, 5.41) is 9.95. The molecular formula is C11H17N3O3. The lowest BCUT2D eigenvalue weighted by Gasteiger charge is -2.17. The van der Waals surface area contributed by atoms with Crippen LogP contribution in [-0.2, 0) is 4.74 Å². The zero-order valence-electron chi connectivity index (χ0n) is 9.91. The number of ether oxygens (including phenoxy) is 1. The Labute approximate surface area is 99.0 Å². The van der Waals surface area contributed by atoms with Crippen molar-refractivity contribution in [2.45, 2.75) is 38.7 Å². The molecule has 1 aromatic rings. The second kappa shape index (κ2) is 4.46. The van der Waals surface area contributed by atoms with Crippen LogP contribution in [0.3, 0.4) is 0 Å². The fraction of sp³-hybridized carbons (Fsp3) is 0.636. The first-order valence-corrected chi connectivity index (χ1v) is 5.72. The van der Waals surface area contributed by atoms with E-state index in [0.717, 1.165) is 0 Å². The van der Waals surface area contributed by atoms with Crippen molar-refractivity contribution in [1.82, 2.24) is 9.55 Å². The Balaban J connectivity index is 2.32. The minimum absolute atomic E-state index is 0.150. The van der Waals surface area contributed by atoms with Gasteiger partial charge >= 0.3 is 5.69 Å². The van der Waals surface area contributed by atoms with Crippen molar-refractivity contribution >= 4 is 5.82 Å². The summed E-state index contributed by atoms with van der Waals surface area (Å²) in [6.45, 7) is 3.79. The van der Waals surface area contributed by atoms with Crippen molar-refractivity contribution in [1.29, 1.82) is 0 Å². The van der Waals surface area contributed by atoms with Crippen molar-refractivity contribution in [3.8, 4) is 0 Å². The van der Waals surface area contributed by atoms with Gasteiger partial charge in [-0.15, -0.1) is 0 Å². The number of hydrogen-bond acceptors (Lipinski definition) is 5.